The molecule has 2 aromatic heterocycles. The Morgan fingerprint density at radius 2 is 1.94 bits per heavy atom. The third kappa shape index (κ3) is 2.87. The van der Waals surface area contributed by atoms with Crippen LogP contribution in [0.5, 0.6) is 0 Å². The molecule has 1 N–H and O–H groups in total. The van der Waals surface area contributed by atoms with Crippen LogP contribution in [0.1, 0.15) is 38.0 Å². The molecule has 0 aliphatic carbocycles. The number of hydrogen-bond acceptors (Lipinski definition) is 3. The summed E-state index contributed by atoms with van der Waals surface area (Å²) >= 11 is 7.45. The van der Waals surface area contributed by atoms with Gasteiger partial charge in [0.15, 0.2) is 0 Å². The Morgan fingerprint density at radius 3 is 2.39 bits per heavy atom. The highest BCUT2D eigenvalue weighted by molar-refractivity contribution is 9.10. The van der Waals surface area contributed by atoms with Crippen molar-refractivity contribution in [2.75, 3.05) is 6.54 Å². The Balaban J connectivity index is 2.42. The predicted octanol–water partition coefficient (Wildman–Crippen LogP) is 5.20. The van der Waals surface area contributed by atoms with Crippen LogP contribution in [-0.4, -0.2) is 6.54 Å². The summed E-state index contributed by atoms with van der Waals surface area (Å²) in [7, 11) is 0. The van der Waals surface area contributed by atoms with Gasteiger partial charge < -0.3 is 5.32 Å². The predicted molar refractivity (Wildman–Crippen MR) is 86.1 cm³/mol. The van der Waals surface area contributed by atoms with E-state index in [0.717, 1.165) is 6.54 Å². The average Bonchev–Trinajstić information content (AvgIpc) is 2.79. The van der Waals surface area contributed by atoms with E-state index in [-0.39, 0.29) is 0 Å². The van der Waals surface area contributed by atoms with Crippen molar-refractivity contribution in [3.05, 3.63) is 41.7 Å². The van der Waals surface area contributed by atoms with Gasteiger partial charge in [0.25, 0.3) is 0 Å². The van der Waals surface area contributed by atoms with E-state index in [9.17, 15) is 0 Å². The maximum atomic E-state index is 3.69. The molecule has 98 valence electrons. The van der Waals surface area contributed by atoms with Gasteiger partial charge in [-0.2, -0.15) is 0 Å². The minimum atomic E-state index is 0.320. The van der Waals surface area contributed by atoms with Crippen molar-refractivity contribution in [3.63, 3.8) is 0 Å². The summed E-state index contributed by atoms with van der Waals surface area (Å²) in [4.78, 5) is 5.56. The van der Waals surface area contributed by atoms with Crippen LogP contribution in [0.25, 0.3) is 0 Å². The molecule has 0 fully saturated rings. The van der Waals surface area contributed by atoms with Crippen LogP contribution in [0.4, 0.5) is 0 Å². The van der Waals surface area contributed by atoms with Crippen LogP contribution >= 0.6 is 38.6 Å². The molecular weight excluding hydrogens is 326 g/mol. The fourth-order valence-electron chi connectivity index (χ4n) is 1.97. The lowest BCUT2D eigenvalue weighted by molar-refractivity contribution is 0.647. The highest BCUT2D eigenvalue weighted by Crippen LogP contribution is 2.38. The first-order valence-electron chi connectivity index (χ1n) is 6.09. The van der Waals surface area contributed by atoms with E-state index >= 15 is 0 Å². The second kappa shape index (κ2) is 5.87. The minimum absolute atomic E-state index is 0.320. The molecule has 0 spiro atoms. The van der Waals surface area contributed by atoms with Gasteiger partial charge in [-0.05, 0) is 60.9 Å². The number of halogens is 1. The first-order chi connectivity index (χ1) is 8.52. The Morgan fingerprint density at radius 1 is 1.22 bits per heavy atom. The molecule has 0 aliphatic heterocycles. The van der Waals surface area contributed by atoms with Gasteiger partial charge >= 0.3 is 0 Å². The molecule has 1 nitrogen and oxygen atoms in total. The molecular formula is C14H18BrNS2. The van der Waals surface area contributed by atoms with Crippen LogP contribution in [0.2, 0.25) is 0 Å². The van der Waals surface area contributed by atoms with Crippen molar-refractivity contribution in [2.24, 2.45) is 0 Å². The van der Waals surface area contributed by atoms with Gasteiger partial charge in [-0.1, -0.05) is 6.92 Å². The van der Waals surface area contributed by atoms with E-state index in [0.29, 0.717) is 6.04 Å². The summed E-state index contributed by atoms with van der Waals surface area (Å²) < 4.78 is 1.22. The van der Waals surface area contributed by atoms with Crippen LogP contribution in [0.15, 0.2) is 16.6 Å². The molecule has 0 aliphatic rings. The number of hydrogen-bond donors (Lipinski definition) is 1. The normalized spacial score (nSPS) is 12.9. The van der Waals surface area contributed by atoms with Crippen LogP contribution < -0.4 is 5.32 Å². The molecule has 4 heteroatoms. The quantitative estimate of drug-likeness (QED) is 0.804. The smallest absolute Gasteiger partial charge is 0.0776 e. The minimum Gasteiger partial charge on any atom is -0.305 e. The summed E-state index contributed by atoms with van der Waals surface area (Å²) in [5.41, 5.74) is 1.39. The van der Waals surface area contributed by atoms with Crippen molar-refractivity contribution in [2.45, 2.75) is 33.7 Å². The molecule has 0 saturated carbocycles. The van der Waals surface area contributed by atoms with Gasteiger partial charge in [-0.15, -0.1) is 22.7 Å². The van der Waals surface area contributed by atoms with Crippen LogP contribution in [0, 0.1) is 20.8 Å². The van der Waals surface area contributed by atoms with Crippen molar-refractivity contribution in [3.8, 4) is 0 Å². The Bertz CT molecular complexity index is 522. The largest absolute Gasteiger partial charge is 0.305 e. The molecule has 0 amide bonds. The Hall–Kier alpha value is -0.160. The average molecular weight is 344 g/mol. The third-order valence-electron chi connectivity index (χ3n) is 2.98. The fourth-order valence-corrected chi connectivity index (χ4v) is 5.15. The van der Waals surface area contributed by atoms with Crippen LogP contribution in [-0.2, 0) is 0 Å². The number of thiophene rings is 2. The Kier molecular flexibility index (Phi) is 4.64. The standard InChI is InChI=1S/C14H18BrNS2/c1-5-16-13(12-6-8(2)10(4)18-12)14-11(15)7-9(3)17-14/h6-7,13,16H,5H2,1-4H3. The second-order valence-electron chi connectivity index (χ2n) is 4.45. The summed E-state index contributed by atoms with van der Waals surface area (Å²) in [5.74, 6) is 0. The molecule has 2 rings (SSSR count). The monoisotopic (exact) mass is 343 g/mol. The molecule has 1 atom stereocenters. The zero-order valence-corrected chi connectivity index (χ0v) is 14.4. The van der Waals surface area contributed by atoms with Gasteiger partial charge in [0, 0.05) is 24.0 Å². The van der Waals surface area contributed by atoms with Crippen molar-refractivity contribution in [1.82, 2.24) is 5.32 Å². The first-order valence-corrected chi connectivity index (χ1v) is 8.51. The zero-order chi connectivity index (χ0) is 13.3. The fraction of sp³-hybridized carbons (Fsp3) is 0.429. The van der Waals surface area contributed by atoms with E-state index in [2.05, 4.69) is 61.1 Å². The highest BCUT2D eigenvalue weighted by atomic mass is 79.9. The van der Waals surface area contributed by atoms with E-state index in [1.165, 1.54) is 29.5 Å². The molecule has 0 saturated heterocycles. The highest BCUT2D eigenvalue weighted by Gasteiger charge is 2.20. The van der Waals surface area contributed by atoms with Crippen LogP contribution in [0.3, 0.4) is 0 Å². The second-order valence-corrected chi connectivity index (χ2v) is 7.88. The molecule has 18 heavy (non-hydrogen) atoms. The SMILES string of the molecule is CCNC(c1cc(C)c(C)s1)c1sc(C)cc1Br. The topological polar surface area (TPSA) is 12.0 Å². The molecule has 1 unspecified atom stereocenters. The maximum absolute atomic E-state index is 3.69. The van der Waals surface area contributed by atoms with Crippen molar-refractivity contribution >= 4 is 38.6 Å². The van der Waals surface area contributed by atoms with E-state index in [4.69, 9.17) is 0 Å². The third-order valence-corrected chi connectivity index (χ3v) is 6.23. The molecule has 0 bridgehead atoms. The molecule has 0 aromatic carbocycles. The van der Waals surface area contributed by atoms with E-state index in [1.54, 1.807) is 0 Å². The summed E-state index contributed by atoms with van der Waals surface area (Å²) in [6.07, 6.45) is 0. The number of nitrogens with one attached hydrogen (secondary N) is 1. The van der Waals surface area contributed by atoms with Gasteiger partial charge in [0.05, 0.1) is 6.04 Å². The number of rotatable bonds is 4. The van der Waals surface area contributed by atoms with Crippen molar-refractivity contribution in [1.29, 1.82) is 0 Å². The zero-order valence-electron chi connectivity index (χ0n) is 11.1. The van der Waals surface area contributed by atoms with E-state index < -0.39 is 0 Å². The van der Waals surface area contributed by atoms with Crippen molar-refractivity contribution < 1.29 is 0 Å². The number of aryl methyl sites for hydroxylation is 3. The molecule has 2 heterocycles. The van der Waals surface area contributed by atoms with Gasteiger partial charge in [-0.3, -0.25) is 0 Å². The lowest BCUT2D eigenvalue weighted by Gasteiger charge is -2.15. The summed E-state index contributed by atoms with van der Waals surface area (Å²) in [5, 5.41) is 3.60. The van der Waals surface area contributed by atoms with Gasteiger partial charge in [0.2, 0.25) is 0 Å². The Labute approximate surface area is 125 Å². The summed E-state index contributed by atoms with van der Waals surface area (Å²) in [6, 6.07) is 4.84. The van der Waals surface area contributed by atoms with E-state index in [1.807, 2.05) is 22.7 Å². The summed E-state index contributed by atoms with van der Waals surface area (Å²) in [6.45, 7) is 9.68. The molecule has 0 radical (unpaired) electrons. The first kappa shape index (κ1) is 14.3. The maximum Gasteiger partial charge on any atom is 0.0776 e. The lowest BCUT2D eigenvalue weighted by atomic mass is 10.1. The van der Waals surface area contributed by atoms with Gasteiger partial charge in [0.1, 0.15) is 0 Å². The van der Waals surface area contributed by atoms with Gasteiger partial charge in [-0.25, -0.2) is 0 Å². The lowest BCUT2D eigenvalue weighted by Crippen LogP contribution is -2.20. The molecule has 2 aromatic rings.